The molecule has 0 aliphatic rings. The molecule has 90 valence electrons. The third-order valence-electron chi connectivity index (χ3n) is 1.98. The standard InChI is InChI=1S/C11H14N4OS/c1-8(2)13-5-9-6-14-10(15-7-9)17-11-12-3-4-16-11/h3-4,6-8,13H,5H2,1-2H3. The number of aromatic nitrogens is 3. The van der Waals surface area contributed by atoms with Gasteiger partial charge in [0.2, 0.25) is 0 Å². The summed E-state index contributed by atoms with van der Waals surface area (Å²) in [6.07, 6.45) is 6.76. The molecule has 0 aromatic carbocycles. The molecule has 2 aromatic heterocycles. The lowest BCUT2D eigenvalue weighted by molar-refractivity contribution is 0.453. The van der Waals surface area contributed by atoms with Gasteiger partial charge in [0.1, 0.15) is 6.26 Å². The second-order valence-corrected chi connectivity index (χ2v) is 4.73. The molecule has 0 saturated carbocycles. The fourth-order valence-corrected chi connectivity index (χ4v) is 1.73. The van der Waals surface area contributed by atoms with Crippen LogP contribution in [0.1, 0.15) is 19.4 Å². The van der Waals surface area contributed by atoms with Gasteiger partial charge in [0.05, 0.1) is 6.20 Å². The van der Waals surface area contributed by atoms with Crippen LogP contribution in [0.2, 0.25) is 0 Å². The van der Waals surface area contributed by atoms with Gasteiger partial charge in [0.25, 0.3) is 5.22 Å². The Morgan fingerprint density at radius 2 is 2.06 bits per heavy atom. The van der Waals surface area contributed by atoms with Crippen LogP contribution >= 0.6 is 11.8 Å². The first kappa shape index (κ1) is 12.1. The summed E-state index contributed by atoms with van der Waals surface area (Å²) < 4.78 is 5.11. The molecule has 0 amide bonds. The van der Waals surface area contributed by atoms with E-state index in [9.17, 15) is 0 Å². The fraction of sp³-hybridized carbons (Fsp3) is 0.364. The van der Waals surface area contributed by atoms with Crippen molar-refractivity contribution in [3.63, 3.8) is 0 Å². The Balaban J connectivity index is 1.93. The fourth-order valence-electron chi connectivity index (χ4n) is 1.15. The van der Waals surface area contributed by atoms with Crippen molar-refractivity contribution in [2.24, 2.45) is 0 Å². The van der Waals surface area contributed by atoms with Gasteiger partial charge in [-0.25, -0.2) is 15.0 Å². The number of hydrogen-bond donors (Lipinski definition) is 1. The largest absolute Gasteiger partial charge is 0.440 e. The van der Waals surface area contributed by atoms with Crippen molar-refractivity contribution in [1.29, 1.82) is 0 Å². The number of nitrogens with one attached hydrogen (secondary N) is 1. The lowest BCUT2D eigenvalue weighted by Crippen LogP contribution is -2.21. The van der Waals surface area contributed by atoms with Gasteiger partial charge in [0.15, 0.2) is 5.16 Å². The number of hydrogen-bond acceptors (Lipinski definition) is 6. The zero-order valence-corrected chi connectivity index (χ0v) is 10.6. The highest BCUT2D eigenvalue weighted by atomic mass is 32.2. The molecule has 17 heavy (non-hydrogen) atoms. The first-order valence-electron chi connectivity index (χ1n) is 5.35. The summed E-state index contributed by atoms with van der Waals surface area (Å²) in [7, 11) is 0. The zero-order chi connectivity index (χ0) is 12.1. The lowest BCUT2D eigenvalue weighted by atomic mass is 10.3. The summed E-state index contributed by atoms with van der Waals surface area (Å²) in [6, 6.07) is 0.455. The lowest BCUT2D eigenvalue weighted by Gasteiger charge is -2.07. The molecule has 0 aliphatic heterocycles. The van der Waals surface area contributed by atoms with Crippen LogP contribution in [0.25, 0.3) is 0 Å². The van der Waals surface area contributed by atoms with Gasteiger partial charge in [0, 0.05) is 42.3 Å². The van der Waals surface area contributed by atoms with Crippen LogP contribution in [0.15, 0.2) is 39.7 Å². The maximum Gasteiger partial charge on any atom is 0.263 e. The Morgan fingerprint density at radius 1 is 1.29 bits per heavy atom. The van der Waals surface area contributed by atoms with Crippen molar-refractivity contribution in [2.45, 2.75) is 36.8 Å². The molecular formula is C11H14N4OS. The van der Waals surface area contributed by atoms with Crippen LogP contribution in [0.3, 0.4) is 0 Å². The monoisotopic (exact) mass is 250 g/mol. The first-order valence-corrected chi connectivity index (χ1v) is 6.17. The van der Waals surface area contributed by atoms with Gasteiger partial charge in [-0.3, -0.25) is 0 Å². The average Bonchev–Trinajstić information content (AvgIpc) is 2.81. The molecule has 0 bridgehead atoms. The number of nitrogens with zero attached hydrogens (tertiary/aromatic N) is 3. The van der Waals surface area contributed by atoms with E-state index in [0.29, 0.717) is 16.4 Å². The Kier molecular flexibility index (Phi) is 4.11. The third kappa shape index (κ3) is 3.83. The second kappa shape index (κ2) is 5.79. The highest BCUT2D eigenvalue weighted by molar-refractivity contribution is 7.98. The maximum absolute atomic E-state index is 5.11. The van der Waals surface area contributed by atoms with Gasteiger partial charge in [-0.15, -0.1) is 0 Å². The van der Waals surface area contributed by atoms with E-state index in [4.69, 9.17) is 4.42 Å². The van der Waals surface area contributed by atoms with Crippen LogP contribution in [0.5, 0.6) is 0 Å². The van der Waals surface area contributed by atoms with Crippen molar-refractivity contribution < 1.29 is 4.42 Å². The normalized spacial score (nSPS) is 11.0. The van der Waals surface area contributed by atoms with Gasteiger partial charge < -0.3 is 9.73 Å². The van der Waals surface area contributed by atoms with Crippen LogP contribution in [-0.4, -0.2) is 21.0 Å². The maximum atomic E-state index is 5.11. The highest BCUT2D eigenvalue weighted by Gasteiger charge is 2.04. The van der Waals surface area contributed by atoms with Gasteiger partial charge in [-0.05, 0) is 0 Å². The Morgan fingerprint density at radius 3 is 2.65 bits per heavy atom. The summed E-state index contributed by atoms with van der Waals surface area (Å²) in [5, 5.41) is 4.50. The molecule has 0 atom stereocenters. The summed E-state index contributed by atoms with van der Waals surface area (Å²) in [5.74, 6) is 0. The molecule has 0 aliphatic carbocycles. The molecule has 0 spiro atoms. The predicted octanol–water partition coefficient (Wildman–Crippen LogP) is 2.11. The van der Waals surface area contributed by atoms with Crippen molar-refractivity contribution in [2.75, 3.05) is 0 Å². The molecule has 2 heterocycles. The minimum absolute atomic E-state index is 0.455. The first-order chi connectivity index (χ1) is 8.24. The average molecular weight is 250 g/mol. The quantitative estimate of drug-likeness (QED) is 0.820. The molecule has 2 rings (SSSR count). The van der Waals surface area contributed by atoms with Crippen molar-refractivity contribution in [3.8, 4) is 0 Å². The van der Waals surface area contributed by atoms with E-state index < -0.39 is 0 Å². The van der Waals surface area contributed by atoms with Crippen LogP contribution in [0, 0.1) is 0 Å². The minimum atomic E-state index is 0.455. The van der Waals surface area contributed by atoms with Gasteiger partial charge >= 0.3 is 0 Å². The molecule has 2 aromatic rings. The van der Waals surface area contributed by atoms with Gasteiger partial charge in [-0.1, -0.05) is 13.8 Å². The van der Waals surface area contributed by atoms with Gasteiger partial charge in [-0.2, -0.15) is 0 Å². The van der Waals surface area contributed by atoms with E-state index in [2.05, 4.69) is 34.1 Å². The smallest absolute Gasteiger partial charge is 0.263 e. The molecule has 0 saturated heterocycles. The highest BCUT2D eigenvalue weighted by Crippen LogP contribution is 2.21. The third-order valence-corrected chi connectivity index (χ3v) is 2.75. The topological polar surface area (TPSA) is 63.8 Å². The molecular weight excluding hydrogens is 236 g/mol. The molecule has 6 heteroatoms. The van der Waals surface area contributed by atoms with E-state index >= 15 is 0 Å². The molecule has 0 fully saturated rings. The summed E-state index contributed by atoms with van der Waals surface area (Å²) in [5.41, 5.74) is 1.07. The van der Waals surface area contributed by atoms with Crippen LogP contribution in [-0.2, 0) is 6.54 Å². The Labute approximate surface area is 104 Å². The molecule has 1 N–H and O–H groups in total. The predicted molar refractivity (Wildman–Crippen MR) is 64.6 cm³/mol. The van der Waals surface area contributed by atoms with E-state index in [-0.39, 0.29) is 0 Å². The number of rotatable bonds is 5. The van der Waals surface area contributed by atoms with Crippen LogP contribution in [0.4, 0.5) is 0 Å². The summed E-state index contributed by atoms with van der Waals surface area (Å²) in [4.78, 5) is 12.5. The number of oxazole rings is 1. The summed E-state index contributed by atoms with van der Waals surface area (Å²) in [6.45, 7) is 4.99. The van der Waals surface area contributed by atoms with E-state index in [1.54, 1.807) is 6.20 Å². The molecule has 0 radical (unpaired) electrons. The van der Waals surface area contributed by atoms with Crippen molar-refractivity contribution >= 4 is 11.8 Å². The minimum Gasteiger partial charge on any atom is -0.440 e. The Bertz CT molecular complexity index is 441. The zero-order valence-electron chi connectivity index (χ0n) is 9.75. The molecule has 5 nitrogen and oxygen atoms in total. The summed E-state index contributed by atoms with van der Waals surface area (Å²) >= 11 is 1.31. The van der Waals surface area contributed by atoms with E-state index in [1.165, 1.54) is 18.0 Å². The molecule has 0 unspecified atom stereocenters. The van der Waals surface area contributed by atoms with Crippen LogP contribution < -0.4 is 5.32 Å². The SMILES string of the molecule is CC(C)NCc1cnc(Sc2ncco2)nc1. The second-order valence-electron chi connectivity index (χ2n) is 3.81. The van der Waals surface area contributed by atoms with Crippen molar-refractivity contribution in [1.82, 2.24) is 20.3 Å². The van der Waals surface area contributed by atoms with Crippen molar-refractivity contribution in [3.05, 3.63) is 30.4 Å². The Hall–Kier alpha value is -1.40. The van der Waals surface area contributed by atoms with E-state index in [0.717, 1.165) is 12.1 Å². The van der Waals surface area contributed by atoms with E-state index in [1.807, 2.05) is 12.4 Å².